The molecule has 1 N–H and O–H groups in total. The standard InChI is InChI=1S/C15H15NO5/c17-14(16(8-15(18)19)11-3-4-11)6-2-10-1-5-12-13(7-10)21-9-20-12/h1-2,5-7,11H,3-4,8-9H2,(H,18,19)/b6-2-. The molecule has 1 aliphatic heterocycles. The minimum Gasteiger partial charge on any atom is -0.480 e. The van der Waals surface area contributed by atoms with Crippen molar-refractivity contribution < 1.29 is 24.2 Å². The molecule has 2 aliphatic rings. The number of aliphatic carboxylic acids is 1. The Balaban J connectivity index is 1.69. The molecule has 0 radical (unpaired) electrons. The monoisotopic (exact) mass is 289 g/mol. The molecule has 0 atom stereocenters. The van der Waals surface area contributed by atoms with Gasteiger partial charge in [0.15, 0.2) is 11.5 Å². The van der Waals surface area contributed by atoms with Crippen LogP contribution in [0, 0.1) is 0 Å². The third-order valence-electron chi connectivity index (χ3n) is 3.39. The lowest BCUT2D eigenvalue weighted by molar-refractivity contribution is -0.143. The van der Waals surface area contributed by atoms with Gasteiger partial charge < -0.3 is 19.5 Å². The molecule has 21 heavy (non-hydrogen) atoms. The summed E-state index contributed by atoms with van der Waals surface area (Å²) < 4.78 is 10.5. The van der Waals surface area contributed by atoms with Crippen LogP contribution in [0.25, 0.3) is 6.08 Å². The van der Waals surface area contributed by atoms with Crippen molar-refractivity contribution in [1.29, 1.82) is 0 Å². The van der Waals surface area contributed by atoms with Gasteiger partial charge in [0.2, 0.25) is 12.7 Å². The van der Waals surface area contributed by atoms with Crippen LogP contribution in [0.2, 0.25) is 0 Å². The summed E-state index contributed by atoms with van der Waals surface area (Å²) >= 11 is 0. The van der Waals surface area contributed by atoms with Crippen molar-refractivity contribution in [3.63, 3.8) is 0 Å². The molecule has 3 rings (SSSR count). The fourth-order valence-electron chi connectivity index (χ4n) is 2.20. The number of nitrogens with zero attached hydrogens (tertiary/aromatic N) is 1. The Morgan fingerprint density at radius 3 is 2.76 bits per heavy atom. The molecule has 1 aromatic rings. The number of carbonyl (C=O) groups is 2. The van der Waals surface area contributed by atoms with Crippen LogP contribution in [0.3, 0.4) is 0 Å². The lowest BCUT2D eigenvalue weighted by Crippen LogP contribution is -2.36. The lowest BCUT2D eigenvalue weighted by atomic mass is 10.2. The summed E-state index contributed by atoms with van der Waals surface area (Å²) in [5, 5.41) is 8.85. The SMILES string of the molecule is O=C(O)CN(C(=O)/C=C\c1ccc2c(c1)OCO2)C1CC1. The molecule has 1 aliphatic carbocycles. The maximum Gasteiger partial charge on any atom is 0.323 e. The van der Waals surface area contributed by atoms with Crippen LogP contribution in [0.1, 0.15) is 18.4 Å². The second-order valence-corrected chi connectivity index (χ2v) is 5.04. The van der Waals surface area contributed by atoms with Crippen molar-refractivity contribution in [2.24, 2.45) is 0 Å². The van der Waals surface area contributed by atoms with Gasteiger partial charge in [-0.3, -0.25) is 9.59 Å². The summed E-state index contributed by atoms with van der Waals surface area (Å²) in [6, 6.07) is 5.44. The number of ether oxygens (including phenoxy) is 2. The van der Waals surface area contributed by atoms with Gasteiger partial charge in [-0.15, -0.1) is 0 Å². The Morgan fingerprint density at radius 2 is 2.05 bits per heavy atom. The smallest absolute Gasteiger partial charge is 0.323 e. The Bertz CT molecular complexity index is 606. The van der Waals surface area contributed by atoms with E-state index in [1.807, 2.05) is 6.07 Å². The van der Waals surface area contributed by atoms with E-state index in [0.29, 0.717) is 11.5 Å². The molecule has 1 saturated carbocycles. The number of fused-ring (bicyclic) bond motifs is 1. The van der Waals surface area contributed by atoms with Crippen molar-refractivity contribution in [2.45, 2.75) is 18.9 Å². The van der Waals surface area contributed by atoms with Gasteiger partial charge in [0, 0.05) is 12.1 Å². The number of benzene rings is 1. The van der Waals surface area contributed by atoms with Crippen LogP contribution in [0.5, 0.6) is 11.5 Å². The maximum absolute atomic E-state index is 12.1. The first-order valence-electron chi connectivity index (χ1n) is 6.73. The highest BCUT2D eigenvalue weighted by molar-refractivity contribution is 5.94. The Morgan fingerprint density at radius 1 is 1.29 bits per heavy atom. The number of amides is 1. The highest BCUT2D eigenvalue weighted by Gasteiger charge is 2.32. The Kier molecular flexibility index (Phi) is 3.51. The summed E-state index contributed by atoms with van der Waals surface area (Å²) in [5.41, 5.74) is 0.804. The summed E-state index contributed by atoms with van der Waals surface area (Å²) in [5.74, 6) is 0.0578. The summed E-state index contributed by atoms with van der Waals surface area (Å²) in [6.07, 6.45) is 4.80. The Hall–Kier alpha value is -2.50. The van der Waals surface area contributed by atoms with Gasteiger partial charge in [0.25, 0.3) is 0 Å². The molecule has 0 unspecified atom stereocenters. The average Bonchev–Trinajstić information content (AvgIpc) is 3.19. The van der Waals surface area contributed by atoms with Crippen molar-refractivity contribution in [1.82, 2.24) is 4.90 Å². The first kappa shape index (κ1) is 13.5. The van der Waals surface area contributed by atoms with E-state index in [2.05, 4.69) is 0 Å². The number of hydrogen-bond donors (Lipinski definition) is 1. The van der Waals surface area contributed by atoms with E-state index < -0.39 is 5.97 Å². The van der Waals surface area contributed by atoms with E-state index in [-0.39, 0.29) is 25.3 Å². The molecule has 6 heteroatoms. The van der Waals surface area contributed by atoms with E-state index in [4.69, 9.17) is 14.6 Å². The van der Waals surface area contributed by atoms with Crippen LogP contribution in [-0.4, -0.2) is 41.3 Å². The summed E-state index contributed by atoms with van der Waals surface area (Å²) in [7, 11) is 0. The molecule has 0 spiro atoms. The van der Waals surface area contributed by atoms with E-state index in [9.17, 15) is 9.59 Å². The van der Waals surface area contributed by atoms with E-state index in [0.717, 1.165) is 18.4 Å². The van der Waals surface area contributed by atoms with Gasteiger partial charge >= 0.3 is 5.97 Å². The van der Waals surface area contributed by atoms with Crippen molar-refractivity contribution >= 4 is 18.0 Å². The second-order valence-electron chi connectivity index (χ2n) is 5.04. The van der Waals surface area contributed by atoms with Gasteiger partial charge in [0.05, 0.1) is 0 Å². The number of hydrogen-bond acceptors (Lipinski definition) is 4. The van der Waals surface area contributed by atoms with Gasteiger partial charge in [-0.2, -0.15) is 0 Å². The number of rotatable bonds is 5. The molecular weight excluding hydrogens is 274 g/mol. The van der Waals surface area contributed by atoms with Gasteiger partial charge in [0.1, 0.15) is 6.54 Å². The molecule has 1 fully saturated rings. The minimum absolute atomic E-state index is 0.0648. The fraction of sp³-hybridized carbons (Fsp3) is 0.333. The molecule has 1 heterocycles. The minimum atomic E-state index is -0.994. The summed E-state index contributed by atoms with van der Waals surface area (Å²) in [6.45, 7) is -0.0511. The molecule has 0 aromatic heterocycles. The zero-order valence-electron chi connectivity index (χ0n) is 11.3. The van der Waals surface area contributed by atoms with E-state index in [1.54, 1.807) is 18.2 Å². The highest BCUT2D eigenvalue weighted by Crippen LogP contribution is 2.33. The van der Waals surface area contributed by atoms with Gasteiger partial charge in [-0.05, 0) is 36.6 Å². The van der Waals surface area contributed by atoms with E-state index >= 15 is 0 Å². The zero-order chi connectivity index (χ0) is 14.8. The lowest BCUT2D eigenvalue weighted by Gasteiger charge is -2.17. The number of carbonyl (C=O) groups excluding carboxylic acids is 1. The average molecular weight is 289 g/mol. The van der Waals surface area contributed by atoms with Crippen molar-refractivity contribution in [3.05, 3.63) is 29.8 Å². The van der Waals surface area contributed by atoms with Crippen LogP contribution in [-0.2, 0) is 9.59 Å². The topological polar surface area (TPSA) is 76.1 Å². The predicted octanol–water partition coefficient (Wildman–Crippen LogP) is 1.50. The van der Waals surface area contributed by atoms with Gasteiger partial charge in [-0.1, -0.05) is 6.07 Å². The van der Waals surface area contributed by atoms with Crippen molar-refractivity contribution in [2.75, 3.05) is 13.3 Å². The van der Waals surface area contributed by atoms with Gasteiger partial charge in [-0.25, -0.2) is 0 Å². The molecular formula is C15H15NO5. The fourth-order valence-corrected chi connectivity index (χ4v) is 2.20. The normalized spacial score (nSPS) is 16.2. The van der Waals surface area contributed by atoms with Crippen LogP contribution < -0.4 is 9.47 Å². The molecule has 0 saturated heterocycles. The number of carboxylic acid groups (broad SMARTS) is 1. The van der Waals surface area contributed by atoms with Crippen LogP contribution >= 0.6 is 0 Å². The first-order valence-corrected chi connectivity index (χ1v) is 6.73. The summed E-state index contributed by atoms with van der Waals surface area (Å²) in [4.78, 5) is 24.3. The quantitative estimate of drug-likeness (QED) is 0.831. The predicted molar refractivity (Wildman–Crippen MR) is 74.0 cm³/mol. The van der Waals surface area contributed by atoms with E-state index in [1.165, 1.54) is 11.0 Å². The third kappa shape index (κ3) is 3.16. The van der Waals surface area contributed by atoms with Crippen LogP contribution in [0.15, 0.2) is 24.3 Å². The largest absolute Gasteiger partial charge is 0.480 e. The van der Waals surface area contributed by atoms with Crippen LogP contribution in [0.4, 0.5) is 0 Å². The zero-order valence-corrected chi connectivity index (χ0v) is 11.3. The first-order chi connectivity index (χ1) is 10.1. The van der Waals surface area contributed by atoms with Crippen molar-refractivity contribution in [3.8, 4) is 11.5 Å². The molecule has 1 amide bonds. The third-order valence-corrected chi connectivity index (χ3v) is 3.39. The molecule has 110 valence electrons. The molecule has 1 aromatic carbocycles. The highest BCUT2D eigenvalue weighted by atomic mass is 16.7. The second kappa shape index (κ2) is 5.47. The molecule has 0 bridgehead atoms. The maximum atomic E-state index is 12.1. The Labute approximate surface area is 121 Å². The molecule has 6 nitrogen and oxygen atoms in total. The number of carboxylic acids is 1.